The van der Waals surface area contributed by atoms with Gasteiger partial charge in [0.05, 0.1) is 16.6 Å². The van der Waals surface area contributed by atoms with E-state index in [1.807, 2.05) is 26.0 Å². The number of thiazole rings is 1. The summed E-state index contributed by atoms with van der Waals surface area (Å²) in [6.45, 7) is 3.81. The summed E-state index contributed by atoms with van der Waals surface area (Å²) in [5.41, 5.74) is 3.10. The van der Waals surface area contributed by atoms with Gasteiger partial charge in [-0.05, 0) is 48.7 Å². The number of fused-ring (bicyclic) bond motifs is 2. The highest BCUT2D eigenvalue weighted by atomic mass is 32.1. The number of aryl methyl sites for hydroxylation is 2. The Balaban J connectivity index is 1.64. The molecule has 0 saturated heterocycles. The third-order valence-electron chi connectivity index (χ3n) is 4.47. The Hall–Kier alpha value is -3.06. The first kappa shape index (κ1) is 17.4. The highest BCUT2D eigenvalue weighted by Gasteiger charge is 2.14. The molecule has 0 radical (unpaired) electrons. The highest BCUT2D eigenvalue weighted by molar-refractivity contribution is 7.22. The van der Waals surface area contributed by atoms with E-state index in [0.717, 1.165) is 16.5 Å². The number of carbonyl (C=O) groups is 1. The molecule has 0 bridgehead atoms. The molecule has 0 atom stereocenters. The molecule has 0 unspecified atom stereocenters. The molecular formula is C20H15FN2O3S. The molecule has 7 heteroatoms. The topological polar surface area (TPSA) is 72.2 Å². The SMILES string of the molecule is Cc1ccc2c(CC(=O)Nc3nc4ccc(F)cc4s3)cc(=O)oc2c1C. The maximum atomic E-state index is 13.3. The number of carbonyl (C=O) groups excluding carboxylic acids is 1. The molecule has 0 saturated carbocycles. The third-order valence-corrected chi connectivity index (χ3v) is 5.40. The summed E-state index contributed by atoms with van der Waals surface area (Å²) >= 11 is 1.20. The molecule has 0 aliphatic heterocycles. The zero-order valence-electron chi connectivity index (χ0n) is 14.6. The Morgan fingerprint density at radius 1 is 1.22 bits per heavy atom. The van der Waals surface area contributed by atoms with Crippen molar-refractivity contribution in [3.05, 3.63) is 69.3 Å². The van der Waals surface area contributed by atoms with Crippen LogP contribution < -0.4 is 10.9 Å². The van der Waals surface area contributed by atoms with E-state index >= 15 is 0 Å². The van der Waals surface area contributed by atoms with Crippen molar-refractivity contribution in [1.82, 2.24) is 4.98 Å². The molecule has 136 valence electrons. The fourth-order valence-electron chi connectivity index (χ4n) is 2.96. The number of amides is 1. The standard InChI is InChI=1S/C20H15FN2O3S/c1-10-3-5-14-12(8-18(25)26-19(14)11(10)2)7-17(24)23-20-22-15-6-4-13(21)9-16(15)27-20/h3-6,8-9H,7H2,1-2H3,(H,22,23,24). The predicted molar refractivity (Wildman–Crippen MR) is 104 cm³/mol. The molecule has 4 aromatic rings. The molecule has 0 spiro atoms. The first-order valence-electron chi connectivity index (χ1n) is 8.29. The second kappa shape index (κ2) is 6.59. The number of halogens is 1. The van der Waals surface area contributed by atoms with Crippen LogP contribution in [0, 0.1) is 19.7 Å². The molecule has 0 fully saturated rings. The zero-order chi connectivity index (χ0) is 19.1. The van der Waals surface area contributed by atoms with Crippen molar-refractivity contribution >= 4 is 43.6 Å². The molecule has 5 nitrogen and oxygen atoms in total. The average molecular weight is 382 g/mol. The van der Waals surface area contributed by atoms with E-state index in [9.17, 15) is 14.0 Å². The molecular weight excluding hydrogens is 367 g/mol. The van der Waals surface area contributed by atoms with Gasteiger partial charge in [-0.25, -0.2) is 14.2 Å². The van der Waals surface area contributed by atoms with E-state index < -0.39 is 5.63 Å². The predicted octanol–water partition coefficient (Wildman–Crippen LogP) is 4.34. The quantitative estimate of drug-likeness (QED) is 0.535. The number of nitrogens with zero attached hydrogens (tertiary/aromatic N) is 1. The largest absolute Gasteiger partial charge is 0.422 e. The van der Waals surface area contributed by atoms with Crippen LogP contribution in [0.1, 0.15) is 16.7 Å². The molecule has 4 rings (SSSR count). The van der Waals surface area contributed by atoms with Crippen LogP contribution in [0.2, 0.25) is 0 Å². The van der Waals surface area contributed by atoms with Gasteiger partial charge in [-0.1, -0.05) is 23.5 Å². The van der Waals surface area contributed by atoms with Gasteiger partial charge in [0.15, 0.2) is 5.13 Å². The van der Waals surface area contributed by atoms with Crippen molar-refractivity contribution in [3.63, 3.8) is 0 Å². The summed E-state index contributed by atoms with van der Waals surface area (Å²) in [5, 5.41) is 3.85. The summed E-state index contributed by atoms with van der Waals surface area (Å²) in [5.74, 6) is -0.656. The second-order valence-electron chi connectivity index (χ2n) is 6.33. The summed E-state index contributed by atoms with van der Waals surface area (Å²) in [6.07, 6.45) is 0.00882. The van der Waals surface area contributed by atoms with Gasteiger partial charge in [0.1, 0.15) is 11.4 Å². The lowest BCUT2D eigenvalue weighted by Crippen LogP contribution is -2.15. The van der Waals surface area contributed by atoms with Gasteiger partial charge in [-0.15, -0.1) is 0 Å². The summed E-state index contributed by atoms with van der Waals surface area (Å²) in [4.78, 5) is 28.7. The maximum absolute atomic E-state index is 13.3. The lowest BCUT2D eigenvalue weighted by Gasteiger charge is -2.08. The van der Waals surface area contributed by atoms with Crippen LogP contribution >= 0.6 is 11.3 Å². The van der Waals surface area contributed by atoms with Crippen molar-refractivity contribution in [3.8, 4) is 0 Å². The Morgan fingerprint density at radius 3 is 2.85 bits per heavy atom. The van der Waals surface area contributed by atoms with Crippen LogP contribution in [0.25, 0.3) is 21.2 Å². The van der Waals surface area contributed by atoms with E-state index in [1.165, 1.54) is 29.5 Å². The van der Waals surface area contributed by atoms with Crippen molar-refractivity contribution in [2.24, 2.45) is 0 Å². The Bertz CT molecular complexity index is 1260. The van der Waals surface area contributed by atoms with Crippen molar-refractivity contribution in [2.45, 2.75) is 20.3 Å². The molecule has 0 aliphatic rings. The van der Waals surface area contributed by atoms with E-state index in [2.05, 4.69) is 10.3 Å². The van der Waals surface area contributed by atoms with Crippen LogP contribution in [-0.2, 0) is 11.2 Å². The van der Waals surface area contributed by atoms with Gasteiger partial charge in [0, 0.05) is 11.5 Å². The normalized spacial score (nSPS) is 11.2. The van der Waals surface area contributed by atoms with E-state index in [0.29, 0.717) is 26.5 Å². The maximum Gasteiger partial charge on any atom is 0.336 e. The molecule has 2 heterocycles. The van der Waals surface area contributed by atoms with Crippen LogP contribution in [0.4, 0.5) is 9.52 Å². The molecule has 0 aliphatic carbocycles. The van der Waals surface area contributed by atoms with Crippen molar-refractivity contribution in [2.75, 3.05) is 5.32 Å². The minimum absolute atomic E-state index is 0.00882. The zero-order valence-corrected chi connectivity index (χ0v) is 15.4. The number of anilines is 1. The number of nitrogens with one attached hydrogen (secondary N) is 1. The number of hydrogen-bond acceptors (Lipinski definition) is 5. The average Bonchev–Trinajstić information content (AvgIpc) is 2.99. The van der Waals surface area contributed by atoms with Gasteiger partial charge in [-0.2, -0.15) is 0 Å². The summed E-state index contributed by atoms with van der Waals surface area (Å²) in [7, 11) is 0. The van der Waals surface area contributed by atoms with Gasteiger partial charge in [-0.3, -0.25) is 4.79 Å². The first-order valence-corrected chi connectivity index (χ1v) is 9.11. The van der Waals surface area contributed by atoms with Crippen molar-refractivity contribution < 1.29 is 13.6 Å². The van der Waals surface area contributed by atoms with E-state index in [-0.39, 0.29) is 18.1 Å². The fourth-order valence-corrected chi connectivity index (χ4v) is 3.87. The van der Waals surface area contributed by atoms with E-state index in [4.69, 9.17) is 4.42 Å². The molecule has 1 amide bonds. The van der Waals surface area contributed by atoms with Crippen LogP contribution in [0.3, 0.4) is 0 Å². The monoisotopic (exact) mass is 382 g/mol. The third kappa shape index (κ3) is 3.33. The Labute approximate surface area is 157 Å². The fraction of sp³-hybridized carbons (Fsp3) is 0.150. The molecule has 2 aromatic heterocycles. The Morgan fingerprint density at radius 2 is 2.04 bits per heavy atom. The van der Waals surface area contributed by atoms with Gasteiger partial charge >= 0.3 is 5.63 Å². The van der Waals surface area contributed by atoms with Crippen molar-refractivity contribution in [1.29, 1.82) is 0 Å². The molecule has 2 aromatic carbocycles. The number of benzene rings is 2. The first-order chi connectivity index (χ1) is 12.9. The van der Waals surface area contributed by atoms with Gasteiger partial charge in [0.25, 0.3) is 0 Å². The number of aromatic nitrogens is 1. The molecule has 27 heavy (non-hydrogen) atoms. The van der Waals surface area contributed by atoms with E-state index in [1.54, 1.807) is 6.07 Å². The minimum Gasteiger partial charge on any atom is -0.422 e. The van der Waals surface area contributed by atoms with Crippen LogP contribution in [-0.4, -0.2) is 10.9 Å². The smallest absolute Gasteiger partial charge is 0.336 e. The lowest BCUT2D eigenvalue weighted by molar-refractivity contribution is -0.115. The van der Waals surface area contributed by atoms with Gasteiger partial charge in [0.2, 0.25) is 5.91 Å². The molecule has 1 N–H and O–H groups in total. The number of rotatable bonds is 3. The Kier molecular flexibility index (Phi) is 4.24. The number of hydrogen-bond donors (Lipinski definition) is 1. The lowest BCUT2D eigenvalue weighted by atomic mass is 10.0. The van der Waals surface area contributed by atoms with Crippen LogP contribution in [0.15, 0.2) is 45.6 Å². The summed E-state index contributed by atoms with van der Waals surface area (Å²) in [6, 6.07) is 9.39. The minimum atomic E-state index is -0.491. The highest BCUT2D eigenvalue weighted by Crippen LogP contribution is 2.27. The van der Waals surface area contributed by atoms with Gasteiger partial charge < -0.3 is 9.73 Å². The second-order valence-corrected chi connectivity index (χ2v) is 7.36. The summed E-state index contributed by atoms with van der Waals surface area (Å²) < 4.78 is 19.3. The van der Waals surface area contributed by atoms with Crippen LogP contribution in [0.5, 0.6) is 0 Å².